The molecule has 7 fully saturated rings. The summed E-state index contributed by atoms with van der Waals surface area (Å²) in [6, 6.07) is 0. The molecule has 0 N–H and O–H groups in total. The quantitative estimate of drug-likeness (QED) is 0.743. The molecule has 1 heterocycles. The molecule has 0 aromatic heterocycles. The summed E-state index contributed by atoms with van der Waals surface area (Å²) >= 11 is 0. The van der Waals surface area contributed by atoms with Crippen LogP contribution < -0.4 is 0 Å². The first-order chi connectivity index (χ1) is 11.5. The van der Waals surface area contributed by atoms with E-state index in [9.17, 15) is 9.59 Å². The van der Waals surface area contributed by atoms with E-state index < -0.39 is 0 Å². The zero-order chi connectivity index (χ0) is 16.2. The smallest absolute Gasteiger partial charge is 0.309 e. The summed E-state index contributed by atoms with van der Waals surface area (Å²) in [6.07, 6.45) is 9.56. The molecule has 6 aliphatic carbocycles. The number of ether oxygens (including phenoxy) is 1. The number of hydrogen-bond acceptors (Lipinski definition) is 3. The maximum atomic E-state index is 13.5. The minimum atomic E-state index is 0.0157. The van der Waals surface area contributed by atoms with Crippen LogP contribution in [0.4, 0.5) is 0 Å². The lowest BCUT2D eigenvalue weighted by Gasteiger charge is -2.56. The highest BCUT2D eigenvalue weighted by molar-refractivity contribution is 5.86. The van der Waals surface area contributed by atoms with Crippen molar-refractivity contribution in [3.63, 3.8) is 0 Å². The highest BCUT2D eigenvalue weighted by Crippen LogP contribution is 2.64. The summed E-state index contributed by atoms with van der Waals surface area (Å²) in [5.41, 5.74) is 0.0157. The maximum absolute atomic E-state index is 13.5. The van der Waals surface area contributed by atoms with Gasteiger partial charge in [-0.25, -0.2) is 0 Å². The zero-order valence-electron chi connectivity index (χ0n) is 14.6. The van der Waals surface area contributed by atoms with E-state index in [4.69, 9.17) is 4.74 Å². The first-order valence-corrected chi connectivity index (χ1v) is 10.3. The van der Waals surface area contributed by atoms with Crippen LogP contribution >= 0.6 is 0 Å². The number of carbonyl (C=O) groups excluding carboxylic acids is 2. The van der Waals surface area contributed by atoms with Crippen molar-refractivity contribution in [2.24, 2.45) is 52.8 Å². The largest absolute Gasteiger partial charge is 0.461 e. The summed E-state index contributed by atoms with van der Waals surface area (Å²) in [6.45, 7) is 2.22. The van der Waals surface area contributed by atoms with Crippen molar-refractivity contribution in [1.29, 1.82) is 0 Å². The number of esters is 1. The third-order valence-electron chi connectivity index (χ3n) is 9.22. The summed E-state index contributed by atoms with van der Waals surface area (Å²) < 4.78 is 5.75. The molecular formula is C21H28O3. The van der Waals surface area contributed by atoms with Gasteiger partial charge < -0.3 is 4.74 Å². The number of hydrogen-bond donors (Lipinski definition) is 0. The normalized spacial score (nSPS) is 59.2. The molecule has 6 saturated carbocycles. The van der Waals surface area contributed by atoms with Crippen LogP contribution in [0.3, 0.4) is 0 Å². The highest BCUT2D eigenvalue weighted by atomic mass is 16.6. The molecule has 1 saturated heterocycles. The van der Waals surface area contributed by atoms with E-state index in [0.29, 0.717) is 35.9 Å². The molecule has 0 radical (unpaired) electrons. The van der Waals surface area contributed by atoms with E-state index in [1.54, 1.807) is 0 Å². The van der Waals surface area contributed by atoms with Gasteiger partial charge in [0.2, 0.25) is 0 Å². The van der Waals surface area contributed by atoms with Crippen LogP contribution in [0.2, 0.25) is 0 Å². The Balaban J connectivity index is 1.26. The van der Waals surface area contributed by atoms with E-state index in [2.05, 4.69) is 6.92 Å². The van der Waals surface area contributed by atoms with Crippen LogP contribution in [0, 0.1) is 52.8 Å². The minimum absolute atomic E-state index is 0.0157. The molecule has 6 bridgehead atoms. The fourth-order valence-corrected chi connectivity index (χ4v) is 8.72. The average Bonchev–Trinajstić information content (AvgIpc) is 3.10. The molecule has 6 unspecified atom stereocenters. The Morgan fingerprint density at radius 1 is 1.04 bits per heavy atom. The second-order valence-corrected chi connectivity index (χ2v) is 10.3. The lowest BCUT2D eigenvalue weighted by Crippen LogP contribution is -2.50. The summed E-state index contributed by atoms with van der Waals surface area (Å²) in [7, 11) is 0. The van der Waals surface area contributed by atoms with Gasteiger partial charge in [-0.15, -0.1) is 0 Å². The van der Waals surface area contributed by atoms with Gasteiger partial charge in [0.05, 0.1) is 5.92 Å². The molecule has 0 spiro atoms. The molecule has 3 nitrogen and oxygen atoms in total. The van der Waals surface area contributed by atoms with E-state index in [1.807, 2.05) is 0 Å². The molecule has 0 amide bonds. The van der Waals surface area contributed by atoms with Crippen LogP contribution in [0.1, 0.15) is 58.3 Å². The molecule has 7 aliphatic rings. The Hall–Kier alpha value is -0.860. The first-order valence-electron chi connectivity index (χ1n) is 10.3. The number of ketones is 1. The SMILES string of the molecule is CC1C2CC3C(OC(=O)C13)C2CC(=O)C12CC3CC(CC(C3)C1)C2. The van der Waals surface area contributed by atoms with Gasteiger partial charge in [-0.05, 0) is 74.5 Å². The lowest BCUT2D eigenvalue weighted by atomic mass is 9.48. The Bertz CT molecular complexity index is 587. The minimum Gasteiger partial charge on any atom is -0.461 e. The number of carbonyl (C=O) groups is 2. The van der Waals surface area contributed by atoms with Crippen LogP contribution in [0.15, 0.2) is 0 Å². The highest BCUT2D eigenvalue weighted by Gasteiger charge is 2.66. The summed E-state index contributed by atoms with van der Waals surface area (Å²) in [5.74, 6) is 4.93. The maximum Gasteiger partial charge on any atom is 0.309 e. The monoisotopic (exact) mass is 328 g/mol. The van der Waals surface area contributed by atoms with E-state index in [0.717, 1.165) is 24.2 Å². The van der Waals surface area contributed by atoms with E-state index in [1.165, 1.54) is 38.5 Å². The van der Waals surface area contributed by atoms with Crippen LogP contribution in [0.5, 0.6) is 0 Å². The van der Waals surface area contributed by atoms with Gasteiger partial charge in [0.25, 0.3) is 0 Å². The standard InChI is InChI=1S/C21H28O3/c1-10-14-5-16-18(10)20(23)24-19(16)15(14)6-17(22)21-7-11-2-12(8-21)4-13(3-11)9-21/h10-16,18-19H,2-9H2,1H3. The van der Waals surface area contributed by atoms with Crippen molar-refractivity contribution < 1.29 is 14.3 Å². The van der Waals surface area contributed by atoms with Gasteiger partial charge in [0, 0.05) is 23.7 Å². The fourth-order valence-electron chi connectivity index (χ4n) is 8.72. The fraction of sp³-hybridized carbons (Fsp3) is 0.905. The summed E-state index contributed by atoms with van der Waals surface area (Å²) in [5, 5.41) is 0. The lowest BCUT2D eigenvalue weighted by molar-refractivity contribution is -0.149. The third-order valence-corrected chi connectivity index (χ3v) is 9.22. The number of Topliss-reactive ketones (excluding diaryl/α,β-unsaturated/α-hetero) is 1. The molecule has 7 rings (SSSR count). The molecule has 6 atom stereocenters. The zero-order valence-corrected chi connectivity index (χ0v) is 14.6. The molecule has 130 valence electrons. The van der Waals surface area contributed by atoms with Crippen molar-refractivity contribution in [1.82, 2.24) is 0 Å². The predicted octanol–water partition coefficient (Wildman–Crippen LogP) is 3.61. The van der Waals surface area contributed by atoms with Gasteiger partial charge >= 0.3 is 5.97 Å². The molecule has 0 aromatic rings. The second-order valence-electron chi connectivity index (χ2n) is 10.3. The Morgan fingerprint density at radius 2 is 1.67 bits per heavy atom. The Labute approximate surface area is 143 Å². The Kier molecular flexibility index (Phi) is 2.66. The molecular weight excluding hydrogens is 300 g/mol. The third kappa shape index (κ3) is 1.65. The molecule has 0 aromatic carbocycles. The van der Waals surface area contributed by atoms with Crippen molar-refractivity contribution in [2.45, 2.75) is 64.4 Å². The van der Waals surface area contributed by atoms with Crippen LogP contribution in [-0.2, 0) is 14.3 Å². The van der Waals surface area contributed by atoms with Gasteiger partial charge in [-0.3, -0.25) is 9.59 Å². The molecule has 24 heavy (non-hydrogen) atoms. The van der Waals surface area contributed by atoms with Crippen molar-refractivity contribution in [3.05, 3.63) is 0 Å². The molecule has 1 aliphatic heterocycles. The van der Waals surface area contributed by atoms with E-state index in [-0.39, 0.29) is 23.4 Å². The predicted molar refractivity (Wildman–Crippen MR) is 87.9 cm³/mol. The topological polar surface area (TPSA) is 43.4 Å². The van der Waals surface area contributed by atoms with E-state index >= 15 is 0 Å². The molecule has 3 heteroatoms. The Morgan fingerprint density at radius 3 is 2.29 bits per heavy atom. The van der Waals surface area contributed by atoms with Crippen LogP contribution in [0.25, 0.3) is 0 Å². The van der Waals surface area contributed by atoms with Crippen molar-refractivity contribution in [2.75, 3.05) is 0 Å². The van der Waals surface area contributed by atoms with Gasteiger partial charge in [0.15, 0.2) is 0 Å². The average molecular weight is 328 g/mol. The van der Waals surface area contributed by atoms with Crippen molar-refractivity contribution >= 4 is 11.8 Å². The van der Waals surface area contributed by atoms with Gasteiger partial charge in [-0.1, -0.05) is 6.92 Å². The first kappa shape index (κ1) is 14.3. The summed E-state index contributed by atoms with van der Waals surface area (Å²) in [4.78, 5) is 25.6. The van der Waals surface area contributed by atoms with Gasteiger partial charge in [-0.2, -0.15) is 0 Å². The number of rotatable bonds is 3. The number of fused-ring (bicyclic) bond motifs is 1. The van der Waals surface area contributed by atoms with Gasteiger partial charge in [0.1, 0.15) is 11.9 Å². The van der Waals surface area contributed by atoms with Crippen molar-refractivity contribution in [3.8, 4) is 0 Å². The van der Waals surface area contributed by atoms with Crippen LogP contribution in [-0.4, -0.2) is 17.9 Å². The second kappa shape index (κ2) is 4.45.